The number of aromatic nitrogens is 4. The summed E-state index contributed by atoms with van der Waals surface area (Å²) in [6.45, 7) is 3.04. The number of benzene rings is 3. The fourth-order valence-electron chi connectivity index (χ4n) is 7.81. The van der Waals surface area contributed by atoms with Crippen molar-refractivity contribution in [2.45, 2.75) is 63.7 Å². The van der Waals surface area contributed by atoms with Crippen molar-refractivity contribution in [3.05, 3.63) is 124 Å². The molecule has 2 aromatic heterocycles. The SMILES string of the molecule is Cc1c(-c2ccnn2-c2ccc(C#N)cc2)n(C(=O)NC2CCC(C(=O)N3CCC([N+](C)(C)C)CC3)CC2)c(=O)n1-c1cccc(C(F)(F)F)c1.c1ccccc1. The molecule has 1 aliphatic carbocycles. The first-order chi connectivity index (χ1) is 27.2. The van der Waals surface area contributed by atoms with E-state index in [1.54, 1.807) is 37.3 Å². The lowest BCUT2D eigenvalue weighted by molar-refractivity contribution is -0.897. The van der Waals surface area contributed by atoms with Crippen LogP contribution < -0.4 is 11.0 Å². The van der Waals surface area contributed by atoms with Crippen LogP contribution in [0.5, 0.6) is 0 Å². The highest BCUT2D eigenvalue weighted by molar-refractivity contribution is 5.84. The first-order valence-electron chi connectivity index (χ1n) is 19.1. The fraction of sp³-hybridized carbons (Fsp3) is 0.372. The number of imidazole rings is 1. The van der Waals surface area contributed by atoms with Gasteiger partial charge in [0.25, 0.3) is 0 Å². The van der Waals surface area contributed by atoms with Crippen LogP contribution >= 0.6 is 0 Å². The largest absolute Gasteiger partial charge is 0.416 e. The smallest absolute Gasteiger partial charge is 0.342 e. The van der Waals surface area contributed by atoms with E-state index in [0.717, 1.165) is 51.7 Å². The minimum atomic E-state index is -4.65. The molecule has 14 heteroatoms. The third-order valence-electron chi connectivity index (χ3n) is 11.0. The van der Waals surface area contributed by atoms with Crippen molar-refractivity contribution in [2.24, 2.45) is 5.92 Å². The van der Waals surface area contributed by atoms with Crippen LogP contribution in [-0.4, -0.2) is 86.6 Å². The number of alkyl halides is 3. The monoisotopic (exact) mass is 781 g/mol. The maximum Gasteiger partial charge on any atom is 0.416 e. The van der Waals surface area contributed by atoms with Gasteiger partial charge < -0.3 is 14.7 Å². The highest BCUT2D eigenvalue weighted by Crippen LogP contribution is 2.33. The molecule has 2 fully saturated rings. The molecule has 57 heavy (non-hydrogen) atoms. The second-order valence-corrected chi connectivity index (χ2v) is 15.5. The van der Waals surface area contributed by atoms with E-state index in [4.69, 9.17) is 0 Å². The number of amides is 2. The standard InChI is InChI=1S/C37H41F3N8O3.C6H6/c1-24-33(32-16-19-42-47(32)29-14-8-25(23-41)9-15-29)46(36(51)45(24)30-7-5-6-27(22-30)37(38,39)40)35(50)43-28-12-10-26(11-13-28)34(49)44-20-17-31(18-21-44)48(2,3)4;1-2-4-6-5-3-1/h5-9,14-16,19,22,26,28,31H,10-13,17-18,20-21H2,1-4H3;1-6H/p+1. The average Bonchev–Trinajstić information content (AvgIpc) is 3.79. The summed E-state index contributed by atoms with van der Waals surface area (Å²) in [5.41, 5.74) is -0.121. The number of piperidine rings is 1. The molecule has 1 aliphatic heterocycles. The van der Waals surface area contributed by atoms with Crippen LogP contribution in [0.4, 0.5) is 18.0 Å². The summed E-state index contributed by atoms with van der Waals surface area (Å²) in [6, 6.07) is 26.1. The number of rotatable bonds is 6. The molecular formula is C43H48F3N8O3+. The van der Waals surface area contributed by atoms with Crippen LogP contribution in [0.15, 0.2) is 102 Å². The van der Waals surface area contributed by atoms with Gasteiger partial charge in [0, 0.05) is 37.9 Å². The van der Waals surface area contributed by atoms with Crippen molar-refractivity contribution >= 4 is 11.9 Å². The molecule has 2 aliphatic rings. The van der Waals surface area contributed by atoms with E-state index in [2.05, 4.69) is 37.6 Å². The van der Waals surface area contributed by atoms with Gasteiger partial charge in [-0.2, -0.15) is 23.5 Å². The number of carbonyl (C=O) groups excluding carboxylic acids is 2. The molecule has 0 radical (unpaired) electrons. The molecule has 2 amide bonds. The van der Waals surface area contributed by atoms with Crippen molar-refractivity contribution < 1.29 is 27.2 Å². The number of halogens is 3. The van der Waals surface area contributed by atoms with E-state index in [-0.39, 0.29) is 34.9 Å². The van der Waals surface area contributed by atoms with Crippen LogP contribution in [0.1, 0.15) is 55.3 Å². The van der Waals surface area contributed by atoms with E-state index in [1.165, 1.54) is 23.0 Å². The van der Waals surface area contributed by atoms with Crippen LogP contribution in [-0.2, 0) is 11.0 Å². The Morgan fingerprint density at radius 2 is 1.46 bits per heavy atom. The van der Waals surface area contributed by atoms with Gasteiger partial charge in [-0.15, -0.1) is 0 Å². The number of quaternary nitrogens is 1. The Morgan fingerprint density at radius 1 is 0.842 bits per heavy atom. The number of likely N-dealkylation sites (tertiary alicyclic amines) is 1. The molecule has 1 N–H and O–H groups in total. The van der Waals surface area contributed by atoms with Crippen molar-refractivity contribution in [3.8, 4) is 28.8 Å². The fourth-order valence-corrected chi connectivity index (χ4v) is 7.81. The number of nitriles is 1. The molecule has 0 bridgehead atoms. The second kappa shape index (κ2) is 17.1. The van der Waals surface area contributed by atoms with Gasteiger partial charge in [0.15, 0.2) is 0 Å². The molecule has 0 atom stereocenters. The summed E-state index contributed by atoms with van der Waals surface area (Å²) in [6.07, 6.45) is 1.03. The summed E-state index contributed by atoms with van der Waals surface area (Å²) in [5, 5.41) is 16.6. The van der Waals surface area contributed by atoms with E-state index in [9.17, 15) is 32.8 Å². The summed E-state index contributed by atoms with van der Waals surface area (Å²) in [5.74, 6) is 0.0196. The Morgan fingerprint density at radius 3 is 2.02 bits per heavy atom. The predicted octanol–water partition coefficient (Wildman–Crippen LogP) is 7.19. The van der Waals surface area contributed by atoms with Crippen LogP contribution in [0.25, 0.3) is 22.8 Å². The molecular weight excluding hydrogens is 734 g/mol. The zero-order chi connectivity index (χ0) is 40.9. The topological polar surface area (TPSA) is 118 Å². The molecule has 1 saturated carbocycles. The minimum Gasteiger partial charge on any atom is -0.342 e. The van der Waals surface area contributed by atoms with Crippen LogP contribution in [0.2, 0.25) is 0 Å². The maximum atomic E-state index is 14.1. The van der Waals surface area contributed by atoms with E-state index in [1.807, 2.05) is 41.3 Å². The molecule has 1 saturated heterocycles. The Labute approximate surface area is 330 Å². The number of nitrogens with one attached hydrogen (secondary N) is 1. The molecule has 0 spiro atoms. The molecule has 11 nitrogen and oxygen atoms in total. The van der Waals surface area contributed by atoms with Crippen molar-refractivity contribution in [1.82, 2.24) is 29.1 Å². The summed E-state index contributed by atoms with van der Waals surface area (Å²) in [4.78, 5) is 43.6. The molecule has 0 unspecified atom stereocenters. The third kappa shape index (κ3) is 9.21. The maximum absolute atomic E-state index is 14.1. The van der Waals surface area contributed by atoms with E-state index < -0.39 is 23.5 Å². The van der Waals surface area contributed by atoms with Gasteiger partial charge in [0.2, 0.25) is 5.91 Å². The van der Waals surface area contributed by atoms with Gasteiger partial charge in [-0.25, -0.2) is 18.8 Å². The van der Waals surface area contributed by atoms with Gasteiger partial charge in [0.05, 0.1) is 73.3 Å². The first-order valence-corrected chi connectivity index (χ1v) is 19.1. The zero-order valence-electron chi connectivity index (χ0n) is 32.6. The van der Waals surface area contributed by atoms with Gasteiger partial charge in [0.1, 0.15) is 5.69 Å². The molecule has 298 valence electrons. The quantitative estimate of drug-likeness (QED) is 0.183. The minimum absolute atomic E-state index is 0.0472. The Bertz CT molecular complexity index is 2240. The Hall–Kier alpha value is -5.94. The number of carbonyl (C=O) groups is 2. The Balaban J connectivity index is 0.000000837. The normalized spacial score (nSPS) is 17.6. The summed E-state index contributed by atoms with van der Waals surface area (Å²) < 4.78 is 45.5. The molecule has 3 aromatic carbocycles. The van der Waals surface area contributed by atoms with Gasteiger partial charge in [-0.1, -0.05) is 42.5 Å². The lowest BCUT2D eigenvalue weighted by Crippen LogP contribution is -2.53. The number of hydrogen-bond donors (Lipinski definition) is 1. The van der Waals surface area contributed by atoms with Crippen LogP contribution in [0, 0.1) is 24.2 Å². The van der Waals surface area contributed by atoms with Crippen molar-refractivity contribution in [3.63, 3.8) is 0 Å². The highest BCUT2D eigenvalue weighted by atomic mass is 19.4. The molecule has 5 aromatic rings. The summed E-state index contributed by atoms with van der Waals surface area (Å²) in [7, 11) is 6.54. The molecule has 7 rings (SSSR count). The highest BCUT2D eigenvalue weighted by Gasteiger charge is 2.36. The lowest BCUT2D eigenvalue weighted by atomic mass is 9.84. The van der Waals surface area contributed by atoms with E-state index >= 15 is 0 Å². The zero-order valence-corrected chi connectivity index (χ0v) is 32.6. The Kier molecular flexibility index (Phi) is 12.2. The van der Waals surface area contributed by atoms with Gasteiger partial charge >= 0.3 is 17.9 Å². The van der Waals surface area contributed by atoms with Crippen molar-refractivity contribution in [2.75, 3.05) is 34.2 Å². The number of hydrogen-bond acceptors (Lipinski definition) is 5. The summed E-state index contributed by atoms with van der Waals surface area (Å²) >= 11 is 0. The average molecular weight is 782 g/mol. The van der Waals surface area contributed by atoms with Crippen LogP contribution in [0.3, 0.4) is 0 Å². The predicted molar refractivity (Wildman–Crippen MR) is 211 cm³/mol. The van der Waals surface area contributed by atoms with Crippen molar-refractivity contribution in [1.29, 1.82) is 5.26 Å². The van der Waals surface area contributed by atoms with Gasteiger partial charge in [-0.05, 0) is 81.1 Å². The second-order valence-electron chi connectivity index (χ2n) is 15.5. The van der Waals surface area contributed by atoms with E-state index in [0.29, 0.717) is 48.7 Å². The van der Waals surface area contributed by atoms with Gasteiger partial charge in [-0.3, -0.25) is 9.36 Å². The first kappa shape index (κ1) is 40.7. The third-order valence-corrected chi connectivity index (χ3v) is 11.0. The lowest BCUT2D eigenvalue weighted by Gasteiger charge is -2.41. The molecule has 3 heterocycles. The number of nitrogens with zero attached hydrogens (tertiary/aromatic N) is 7.